The predicted molar refractivity (Wildman–Crippen MR) is 119 cm³/mol. The average Bonchev–Trinajstić information content (AvgIpc) is 3.07. The van der Waals surface area contributed by atoms with E-state index in [0.29, 0.717) is 25.1 Å². The second kappa shape index (κ2) is 10.4. The Labute approximate surface area is 187 Å². The molecule has 0 fully saturated rings. The first-order chi connectivity index (χ1) is 15.6. The van der Waals surface area contributed by atoms with E-state index < -0.39 is 0 Å². The molecule has 0 unspecified atom stereocenters. The first-order valence-corrected chi connectivity index (χ1v) is 11.0. The lowest BCUT2D eigenvalue weighted by Crippen LogP contribution is -2.28. The number of hydrogen-bond donors (Lipinski definition) is 1. The van der Waals surface area contributed by atoms with Crippen molar-refractivity contribution in [2.45, 2.75) is 32.9 Å². The molecule has 4 rings (SSSR count). The van der Waals surface area contributed by atoms with Gasteiger partial charge in [-0.3, -0.25) is 9.69 Å². The van der Waals surface area contributed by atoms with Gasteiger partial charge in [0.1, 0.15) is 23.2 Å². The number of nitrogens with one attached hydrogen (secondary N) is 1. The van der Waals surface area contributed by atoms with Crippen molar-refractivity contribution >= 4 is 5.91 Å². The summed E-state index contributed by atoms with van der Waals surface area (Å²) < 4.78 is 21.0. The molecule has 2 heterocycles. The number of aromatic nitrogens is 3. The van der Waals surface area contributed by atoms with E-state index in [1.807, 2.05) is 25.1 Å². The Morgan fingerprint density at radius 1 is 1.09 bits per heavy atom. The Morgan fingerprint density at radius 3 is 2.72 bits per heavy atom. The first-order valence-electron chi connectivity index (χ1n) is 11.0. The van der Waals surface area contributed by atoms with Crippen molar-refractivity contribution in [1.29, 1.82) is 0 Å². The van der Waals surface area contributed by atoms with Gasteiger partial charge in [0.2, 0.25) is 0 Å². The number of nitrogens with zero attached hydrogens (tertiary/aromatic N) is 4. The zero-order valence-electron chi connectivity index (χ0n) is 18.3. The molecule has 0 spiro atoms. The number of hydrogen-bond acceptors (Lipinski definition) is 5. The van der Waals surface area contributed by atoms with E-state index in [0.717, 1.165) is 50.0 Å². The lowest BCUT2D eigenvalue weighted by Gasteiger charge is -2.21. The summed E-state index contributed by atoms with van der Waals surface area (Å²) in [5, 5.41) is 11.6. The molecule has 2 aromatic carbocycles. The Hall–Kier alpha value is -3.26. The number of ether oxygens (including phenoxy) is 1. The Balaban J connectivity index is 1.32. The first kappa shape index (κ1) is 22.0. The summed E-state index contributed by atoms with van der Waals surface area (Å²) in [6.45, 7) is 6.52. The quantitative estimate of drug-likeness (QED) is 0.587. The van der Waals surface area contributed by atoms with Gasteiger partial charge in [-0.2, -0.15) is 0 Å². The van der Waals surface area contributed by atoms with Gasteiger partial charge in [0.05, 0.1) is 6.61 Å². The minimum absolute atomic E-state index is 0.222. The highest BCUT2D eigenvalue weighted by Gasteiger charge is 2.19. The molecule has 0 saturated carbocycles. The normalized spacial score (nSPS) is 13.9. The number of para-hydroxylation sites is 1. The lowest BCUT2D eigenvalue weighted by molar-refractivity contribution is 0.0954. The zero-order valence-corrected chi connectivity index (χ0v) is 18.3. The highest BCUT2D eigenvalue weighted by Crippen LogP contribution is 2.21. The molecule has 8 heteroatoms. The molecule has 0 bridgehead atoms. The number of carbonyl (C=O) groups is 1. The van der Waals surface area contributed by atoms with E-state index in [1.54, 1.807) is 0 Å². The smallest absolute Gasteiger partial charge is 0.251 e. The van der Waals surface area contributed by atoms with Crippen LogP contribution < -0.4 is 10.1 Å². The summed E-state index contributed by atoms with van der Waals surface area (Å²) in [5.41, 5.74) is 1.63. The molecule has 1 aliphatic rings. The van der Waals surface area contributed by atoms with Crippen molar-refractivity contribution in [2.75, 3.05) is 26.2 Å². The van der Waals surface area contributed by atoms with Crippen LogP contribution in [0.1, 0.15) is 34.5 Å². The van der Waals surface area contributed by atoms with E-state index in [1.165, 1.54) is 29.8 Å². The minimum atomic E-state index is -0.358. The van der Waals surface area contributed by atoms with Gasteiger partial charge in [-0.05, 0) is 37.3 Å². The molecular formula is C24H28FN5O2. The molecule has 32 heavy (non-hydrogen) atoms. The maximum absolute atomic E-state index is 13.0. The molecular weight excluding hydrogens is 409 g/mol. The maximum Gasteiger partial charge on any atom is 0.251 e. The number of rotatable bonds is 8. The lowest BCUT2D eigenvalue weighted by atomic mass is 10.2. The van der Waals surface area contributed by atoms with E-state index in [2.05, 4.69) is 31.0 Å². The van der Waals surface area contributed by atoms with Crippen molar-refractivity contribution in [2.24, 2.45) is 0 Å². The summed E-state index contributed by atoms with van der Waals surface area (Å²) >= 11 is 0. The average molecular weight is 438 g/mol. The van der Waals surface area contributed by atoms with Gasteiger partial charge in [0.15, 0.2) is 0 Å². The third kappa shape index (κ3) is 5.31. The number of carbonyl (C=O) groups excluding carboxylic acids is 1. The fourth-order valence-corrected chi connectivity index (χ4v) is 3.93. The van der Waals surface area contributed by atoms with Gasteiger partial charge < -0.3 is 14.6 Å². The molecule has 7 nitrogen and oxygen atoms in total. The molecule has 3 aromatic rings. The summed E-state index contributed by atoms with van der Waals surface area (Å²) in [6, 6.07) is 13.7. The van der Waals surface area contributed by atoms with Crippen molar-refractivity contribution in [3.63, 3.8) is 0 Å². The van der Waals surface area contributed by atoms with E-state index in [4.69, 9.17) is 4.74 Å². The van der Waals surface area contributed by atoms with Crippen LogP contribution in [0.15, 0.2) is 48.5 Å². The monoisotopic (exact) mass is 437 g/mol. The van der Waals surface area contributed by atoms with Gasteiger partial charge in [-0.1, -0.05) is 18.2 Å². The predicted octanol–water partition coefficient (Wildman–Crippen LogP) is 2.85. The van der Waals surface area contributed by atoms with E-state index >= 15 is 0 Å². The van der Waals surface area contributed by atoms with Crippen LogP contribution in [0.25, 0.3) is 0 Å². The number of fused-ring (bicyclic) bond motifs is 1. The van der Waals surface area contributed by atoms with Crippen LogP contribution in [0.3, 0.4) is 0 Å². The molecule has 0 aliphatic carbocycles. The highest BCUT2D eigenvalue weighted by molar-refractivity contribution is 5.94. The van der Waals surface area contributed by atoms with Crippen LogP contribution >= 0.6 is 0 Å². The molecule has 168 valence electrons. The molecule has 1 N–H and O–H groups in total. The molecule has 0 saturated heterocycles. The molecule has 1 aliphatic heterocycles. The van der Waals surface area contributed by atoms with Gasteiger partial charge in [0, 0.05) is 56.7 Å². The van der Waals surface area contributed by atoms with Crippen molar-refractivity contribution in [3.8, 4) is 5.75 Å². The molecule has 0 atom stereocenters. The SMILES string of the molecule is CCOc1ccccc1CN1CCc2nnc(CCNC(=O)c3ccc(F)cc3)n2CC1. The van der Waals surface area contributed by atoms with Crippen LogP contribution in [0.2, 0.25) is 0 Å². The van der Waals surface area contributed by atoms with Crippen LogP contribution in [0.5, 0.6) is 5.75 Å². The Kier molecular flexibility index (Phi) is 7.11. The Morgan fingerprint density at radius 2 is 1.91 bits per heavy atom. The van der Waals surface area contributed by atoms with Crippen LogP contribution in [0.4, 0.5) is 4.39 Å². The van der Waals surface area contributed by atoms with Gasteiger partial charge in [-0.15, -0.1) is 10.2 Å². The standard InChI is InChI=1S/C24H28FN5O2/c1-2-32-21-6-4-3-5-19(21)17-29-14-12-23-28-27-22(30(23)16-15-29)11-13-26-24(31)18-7-9-20(25)10-8-18/h3-10H,2,11-17H2,1H3,(H,26,31). The van der Waals surface area contributed by atoms with Gasteiger partial charge in [-0.25, -0.2) is 4.39 Å². The number of benzene rings is 2. The van der Waals surface area contributed by atoms with Crippen molar-refractivity contribution in [1.82, 2.24) is 25.0 Å². The van der Waals surface area contributed by atoms with E-state index in [9.17, 15) is 9.18 Å². The summed E-state index contributed by atoms with van der Waals surface area (Å²) in [6.07, 6.45) is 1.42. The fourth-order valence-electron chi connectivity index (χ4n) is 3.93. The third-order valence-electron chi connectivity index (χ3n) is 5.60. The van der Waals surface area contributed by atoms with E-state index in [-0.39, 0.29) is 11.7 Å². The minimum Gasteiger partial charge on any atom is -0.494 e. The second-order valence-electron chi connectivity index (χ2n) is 7.76. The highest BCUT2D eigenvalue weighted by atomic mass is 19.1. The fraction of sp³-hybridized carbons (Fsp3) is 0.375. The largest absolute Gasteiger partial charge is 0.494 e. The van der Waals surface area contributed by atoms with Crippen LogP contribution in [-0.4, -0.2) is 51.8 Å². The molecule has 0 radical (unpaired) electrons. The third-order valence-corrected chi connectivity index (χ3v) is 5.60. The van der Waals surface area contributed by atoms with Crippen LogP contribution in [-0.2, 0) is 25.9 Å². The number of halogens is 1. The zero-order chi connectivity index (χ0) is 22.3. The Bertz CT molecular complexity index is 1050. The topological polar surface area (TPSA) is 72.3 Å². The van der Waals surface area contributed by atoms with Gasteiger partial charge >= 0.3 is 0 Å². The van der Waals surface area contributed by atoms with Crippen molar-refractivity contribution < 1.29 is 13.9 Å². The van der Waals surface area contributed by atoms with Gasteiger partial charge in [0.25, 0.3) is 5.91 Å². The molecule has 1 aromatic heterocycles. The van der Waals surface area contributed by atoms with Crippen LogP contribution in [0, 0.1) is 5.82 Å². The molecule has 1 amide bonds. The van der Waals surface area contributed by atoms with Crippen molar-refractivity contribution in [3.05, 3.63) is 77.1 Å². The maximum atomic E-state index is 13.0. The number of amides is 1. The summed E-state index contributed by atoms with van der Waals surface area (Å²) in [5.74, 6) is 2.21. The summed E-state index contributed by atoms with van der Waals surface area (Å²) in [4.78, 5) is 14.6. The second-order valence-corrected chi connectivity index (χ2v) is 7.76. The summed E-state index contributed by atoms with van der Waals surface area (Å²) in [7, 11) is 0.